The predicted molar refractivity (Wildman–Crippen MR) is 79.9 cm³/mol. The Hall–Kier alpha value is -1.77. The summed E-state index contributed by atoms with van der Waals surface area (Å²) in [5.74, 6) is 0. The Kier molecular flexibility index (Phi) is 4.25. The van der Waals surface area contributed by atoms with Gasteiger partial charge in [-0.1, -0.05) is 13.3 Å². The summed E-state index contributed by atoms with van der Waals surface area (Å²) >= 11 is 0. The Balaban J connectivity index is 2.37. The largest absolute Gasteiger partial charge is 0.422 e. The van der Waals surface area contributed by atoms with Crippen LogP contribution in [0.15, 0.2) is 33.5 Å². The van der Waals surface area contributed by atoms with Crippen LogP contribution in [-0.2, 0) is 6.42 Å². The average molecular weight is 259 g/mol. The van der Waals surface area contributed by atoms with Gasteiger partial charge < -0.3 is 9.73 Å². The van der Waals surface area contributed by atoms with Gasteiger partial charge in [-0.05, 0) is 44.9 Å². The summed E-state index contributed by atoms with van der Waals surface area (Å²) < 4.78 is 5.42. The van der Waals surface area contributed by atoms with Gasteiger partial charge in [0, 0.05) is 28.7 Å². The Morgan fingerprint density at radius 3 is 2.74 bits per heavy atom. The summed E-state index contributed by atoms with van der Waals surface area (Å²) in [6.07, 6.45) is 2.89. The second kappa shape index (κ2) is 5.91. The van der Waals surface area contributed by atoms with E-state index in [1.807, 2.05) is 24.3 Å². The van der Waals surface area contributed by atoms with E-state index in [9.17, 15) is 4.79 Å². The lowest BCUT2D eigenvalue weighted by Gasteiger charge is -2.10. The van der Waals surface area contributed by atoms with Gasteiger partial charge in [0.05, 0.1) is 0 Å². The van der Waals surface area contributed by atoms with E-state index in [2.05, 4.69) is 26.1 Å². The molecule has 0 atom stereocenters. The molecule has 1 aromatic carbocycles. The molecule has 0 bridgehead atoms. The molecule has 0 amide bonds. The first-order valence-electron chi connectivity index (χ1n) is 6.93. The number of aryl methyl sites for hydroxylation is 1. The first-order valence-corrected chi connectivity index (χ1v) is 6.93. The fraction of sp³-hybridized carbons (Fsp3) is 0.438. The number of unbranched alkanes of at least 4 members (excludes halogenated alkanes) is 1. The van der Waals surface area contributed by atoms with E-state index < -0.39 is 0 Å². The van der Waals surface area contributed by atoms with Gasteiger partial charge in [-0.2, -0.15) is 0 Å². The van der Waals surface area contributed by atoms with Crippen molar-refractivity contribution in [1.29, 1.82) is 0 Å². The molecule has 2 aromatic rings. The predicted octanol–water partition coefficient (Wildman–Crippen LogP) is 3.96. The van der Waals surface area contributed by atoms with Crippen molar-refractivity contribution in [3.8, 4) is 0 Å². The number of benzene rings is 1. The van der Waals surface area contributed by atoms with Crippen LogP contribution in [0.1, 0.15) is 39.2 Å². The highest BCUT2D eigenvalue weighted by atomic mass is 16.4. The first kappa shape index (κ1) is 13.7. The maximum atomic E-state index is 11.9. The van der Waals surface area contributed by atoms with Crippen molar-refractivity contribution in [3.05, 3.63) is 40.2 Å². The van der Waals surface area contributed by atoms with Crippen LogP contribution in [0.25, 0.3) is 11.0 Å². The van der Waals surface area contributed by atoms with Crippen LogP contribution in [0, 0.1) is 0 Å². The quantitative estimate of drug-likeness (QED) is 0.826. The van der Waals surface area contributed by atoms with Crippen molar-refractivity contribution in [2.45, 2.75) is 46.1 Å². The minimum absolute atomic E-state index is 0.206. The van der Waals surface area contributed by atoms with Crippen LogP contribution < -0.4 is 10.9 Å². The van der Waals surface area contributed by atoms with Crippen LogP contribution in [-0.4, -0.2) is 6.04 Å². The molecule has 0 unspecified atom stereocenters. The van der Waals surface area contributed by atoms with Crippen molar-refractivity contribution < 1.29 is 4.42 Å². The number of hydrogen-bond donors (Lipinski definition) is 1. The maximum absolute atomic E-state index is 11.9. The number of nitrogens with one attached hydrogen (secondary N) is 1. The topological polar surface area (TPSA) is 42.2 Å². The van der Waals surface area contributed by atoms with Gasteiger partial charge in [0.15, 0.2) is 0 Å². The molecule has 1 aromatic heterocycles. The van der Waals surface area contributed by atoms with Crippen LogP contribution in [0.2, 0.25) is 0 Å². The third-order valence-electron chi connectivity index (χ3n) is 3.06. The summed E-state index contributed by atoms with van der Waals surface area (Å²) in [6.45, 7) is 6.27. The highest BCUT2D eigenvalue weighted by molar-refractivity contribution is 5.80. The summed E-state index contributed by atoms with van der Waals surface area (Å²) in [7, 11) is 0. The Morgan fingerprint density at radius 2 is 2.05 bits per heavy atom. The fourth-order valence-corrected chi connectivity index (χ4v) is 2.12. The highest BCUT2D eigenvalue weighted by Crippen LogP contribution is 2.20. The molecule has 0 aliphatic carbocycles. The van der Waals surface area contributed by atoms with Crippen molar-refractivity contribution in [2.75, 3.05) is 5.32 Å². The molecular weight excluding hydrogens is 238 g/mol. The fourth-order valence-electron chi connectivity index (χ4n) is 2.12. The second-order valence-corrected chi connectivity index (χ2v) is 5.21. The Bertz CT molecular complexity index is 614. The Morgan fingerprint density at radius 1 is 1.26 bits per heavy atom. The minimum atomic E-state index is -0.206. The van der Waals surface area contributed by atoms with E-state index in [0.29, 0.717) is 11.6 Å². The molecule has 0 fully saturated rings. The molecule has 0 saturated heterocycles. The molecule has 3 heteroatoms. The molecule has 0 spiro atoms. The van der Waals surface area contributed by atoms with Gasteiger partial charge in [0.1, 0.15) is 5.58 Å². The molecule has 1 N–H and O–H groups in total. The molecule has 1 heterocycles. The van der Waals surface area contributed by atoms with Crippen molar-refractivity contribution in [1.82, 2.24) is 0 Å². The molecule has 3 nitrogen and oxygen atoms in total. The van der Waals surface area contributed by atoms with E-state index in [4.69, 9.17) is 4.42 Å². The zero-order chi connectivity index (χ0) is 13.8. The van der Waals surface area contributed by atoms with E-state index in [0.717, 1.165) is 35.9 Å². The third-order valence-corrected chi connectivity index (χ3v) is 3.06. The number of rotatable bonds is 5. The molecule has 2 rings (SSSR count). The van der Waals surface area contributed by atoms with Crippen molar-refractivity contribution in [3.63, 3.8) is 0 Å². The normalized spacial score (nSPS) is 11.2. The van der Waals surface area contributed by atoms with Crippen LogP contribution >= 0.6 is 0 Å². The molecular formula is C16H21NO2. The minimum Gasteiger partial charge on any atom is -0.422 e. The summed E-state index contributed by atoms with van der Waals surface area (Å²) in [5, 5.41) is 4.29. The lowest BCUT2D eigenvalue weighted by Crippen LogP contribution is -2.10. The van der Waals surface area contributed by atoms with Gasteiger partial charge in [0.2, 0.25) is 0 Å². The van der Waals surface area contributed by atoms with Gasteiger partial charge in [-0.15, -0.1) is 0 Å². The molecule has 0 radical (unpaired) electrons. The zero-order valence-corrected chi connectivity index (χ0v) is 11.8. The number of fused-ring (bicyclic) bond motifs is 1. The standard InChI is InChI=1S/C16H21NO2/c1-4-5-6-13-9-12-7-8-14(17-11(2)3)10-15(12)19-16(13)18/h7-11,17H,4-6H2,1-3H3. The SMILES string of the molecule is CCCCc1cc2ccc(NC(C)C)cc2oc1=O. The molecule has 19 heavy (non-hydrogen) atoms. The lowest BCUT2D eigenvalue weighted by atomic mass is 10.1. The van der Waals surface area contributed by atoms with Gasteiger partial charge in [-0.3, -0.25) is 0 Å². The van der Waals surface area contributed by atoms with Crippen molar-refractivity contribution in [2.24, 2.45) is 0 Å². The monoisotopic (exact) mass is 259 g/mol. The first-order chi connectivity index (χ1) is 9.10. The third kappa shape index (κ3) is 3.37. The molecule has 0 saturated carbocycles. The average Bonchev–Trinajstić information content (AvgIpc) is 2.35. The van der Waals surface area contributed by atoms with E-state index >= 15 is 0 Å². The van der Waals surface area contributed by atoms with Crippen LogP contribution in [0.4, 0.5) is 5.69 Å². The Labute approximate surface area is 113 Å². The summed E-state index contributed by atoms with van der Waals surface area (Å²) in [6, 6.07) is 8.22. The van der Waals surface area contributed by atoms with Crippen LogP contribution in [0.3, 0.4) is 0 Å². The van der Waals surface area contributed by atoms with E-state index in [1.165, 1.54) is 0 Å². The van der Waals surface area contributed by atoms with Crippen LogP contribution in [0.5, 0.6) is 0 Å². The van der Waals surface area contributed by atoms with E-state index in [-0.39, 0.29) is 5.63 Å². The zero-order valence-electron chi connectivity index (χ0n) is 11.8. The van der Waals surface area contributed by atoms with E-state index in [1.54, 1.807) is 0 Å². The highest BCUT2D eigenvalue weighted by Gasteiger charge is 2.06. The smallest absolute Gasteiger partial charge is 0.339 e. The maximum Gasteiger partial charge on any atom is 0.339 e. The summed E-state index contributed by atoms with van der Waals surface area (Å²) in [4.78, 5) is 11.9. The number of anilines is 1. The summed E-state index contributed by atoms with van der Waals surface area (Å²) in [5.41, 5.74) is 2.20. The molecule has 0 aliphatic heterocycles. The van der Waals surface area contributed by atoms with Gasteiger partial charge in [0.25, 0.3) is 0 Å². The van der Waals surface area contributed by atoms with Gasteiger partial charge in [-0.25, -0.2) is 4.79 Å². The van der Waals surface area contributed by atoms with Crippen molar-refractivity contribution >= 4 is 16.7 Å². The number of hydrogen-bond acceptors (Lipinski definition) is 3. The molecule has 0 aliphatic rings. The second-order valence-electron chi connectivity index (χ2n) is 5.21. The lowest BCUT2D eigenvalue weighted by molar-refractivity contribution is 0.547. The molecule has 102 valence electrons. The van der Waals surface area contributed by atoms with Gasteiger partial charge >= 0.3 is 5.63 Å².